The SMILES string of the molecule is Cn1ccnc1CCC(N)c1ccnn1C. The van der Waals surface area contributed by atoms with E-state index in [9.17, 15) is 0 Å². The van der Waals surface area contributed by atoms with Crippen molar-refractivity contribution in [3.8, 4) is 0 Å². The van der Waals surface area contributed by atoms with E-state index < -0.39 is 0 Å². The lowest BCUT2D eigenvalue weighted by atomic mass is 10.1. The number of hydrogen-bond donors (Lipinski definition) is 1. The van der Waals surface area contributed by atoms with Crippen molar-refractivity contribution in [2.75, 3.05) is 0 Å². The minimum absolute atomic E-state index is 0.0178. The number of aromatic nitrogens is 4. The molecule has 0 saturated carbocycles. The second-order valence-corrected chi connectivity index (χ2v) is 3.98. The maximum atomic E-state index is 6.11. The maximum absolute atomic E-state index is 6.11. The Bertz CT molecular complexity index is 456. The number of rotatable bonds is 4. The fraction of sp³-hybridized carbons (Fsp3) is 0.455. The first-order valence-corrected chi connectivity index (χ1v) is 5.38. The van der Waals surface area contributed by atoms with Gasteiger partial charge in [-0.2, -0.15) is 5.10 Å². The lowest BCUT2D eigenvalue weighted by molar-refractivity contribution is 0.568. The van der Waals surface area contributed by atoms with Crippen molar-refractivity contribution in [3.05, 3.63) is 36.2 Å². The Morgan fingerprint density at radius 3 is 2.75 bits per heavy atom. The molecule has 0 aliphatic carbocycles. The van der Waals surface area contributed by atoms with Crippen LogP contribution >= 0.6 is 0 Å². The molecule has 0 amide bonds. The molecular formula is C11H17N5. The third-order valence-electron chi connectivity index (χ3n) is 2.84. The van der Waals surface area contributed by atoms with E-state index in [0.717, 1.165) is 24.4 Å². The van der Waals surface area contributed by atoms with Crippen LogP contribution in [0.15, 0.2) is 24.7 Å². The molecule has 5 heteroatoms. The highest BCUT2D eigenvalue weighted by Gasteiger charge is 2.11. The van der Waals surface area contributed by atoms with E-state index in [4.69, 9.17) is 5.73 Å². The first-order valence-electron chi connectivity index (χ1n) is 5.38. The average molecular weight is 219 g/mol. The molecule has 2 heterocycles. The fourth-order valence-corrected chi connectivity index (χ4v) is 1.82. The molecule has 0 spiro atoms. The minimum Gasteiger partial charge on any atom is -0.338 e. The molecule has 2 aromatic rings. The first kappa shape index (κ1) is 10.9. The van der Waals surface area contributed by atoms with Gasteiger partial charge < -0.3 is 10.3 Å². The third kappa shape index (κ3) is 2.14. The lowest BCUT2D eigenvalue weighted by Crippen LogP contribution is -2.16. The summed E-state index contributed by atoms with van der Waals surface area (Å²) in [5, 5.41) is 4.12. The highest BCUT2D eigenvalue weighted by Crippen LogP contribution is 2.14. The quantitative estimate of drug-likeness (QED) is 0.826. The summed E-state index contributed by atoms with van der Waals surface area (Å²) in [6, 6.07) is 1.98. The summed E-state index contributed by atoms with van der Waals surface area (Å²) in [4.78, 5) is 4.28. The van der Waals surface area contributed by atoms with Gasteiger partial charge in [0.1, 0.15) is 5.82 Å². The zero-order valence-corrected chi connectivity index (χ0v) is 9.67. The Hall–Kier alpha value is -1.62. The zero-order chi connectivity index (χ0) is 11.5. The van der Waals surface area contributed by atoms with Crippen LogP contribution in [-0.2, 0) is 20.5 Å². The summed E-state index contributed by atoms with van der Waals surface area (Å²) in [6.45, 7) is 0. The van der Waals surface area contributed by atoms with Gasteiger partial charge in [-0.1, -0.05) is 0 Å². The van der Waals surface area contributed by atoms with Crippen molar-refractivity contribution < 1.29 is 0 Å². The van der Waals surface area contributed by atoms with Crippen LogP contribution in [0.4, 0.5) is 0 Å². The summed E-state index contributed by atoms with van der Waals surface area (Å²) in [6.07, 6.45) is 7.30. The second kappa shape index (κ2) is 4.49. The molecular weight excluding hydrogens is 202 g/mol. The molecule has 16 heavy (non-hydrogen) atoms. The van der Waals surface area contributed by atoms with Gasteiger partial charge in [-0.3, -0.25) is 4.68 Å². The normalized spacial score (nSPS) is 12.9. The van der Waals surface area contributed by atoms with E-state index in [0.29, 0.717) is 0 Å². The monoisotopic (exact) mass is 219 g/mol. The molecule has 0 fully saturated rings. The van der Waals surface area contributed by atoms with Crippen molar-refractivity contribution in [2.24, 2.45) is 19.8 Å². The first-order chi connectivity index (χ1) is 7.68. The van der Waals surface area contributed by atoms with Crippen molar-refractivity contribution in [1.29, 1.82) is 0 Å². The van der Waals surface area contributed by atoms with Gasteiger partial charge in [-0.15, -0.1) is 0 Å². The number of nitrogens with zero attached hydrogens (tertiary/aromatic N) is 4. The molecule has 0 radical (unpaired) electrons. The highest BCUT2D eigenvalue weighted by atomic mass is 15.3. The number of nitrogens with two attached hydrogens (primary N) is 1. The molecule has 2 rings (SSSR count). The Balaban J connectivity index is 1.97. The third-order valence-corrected chi connectivity index (χ3v) is 2.84. The molecule has 0 bridgehead atoms. The van der Waals surface area contributed by atoms with Crippen LogP contribution in [0, 0.1) is 0 Å². The molecule has 1 atom stereocenters. The Morgan fingerprint density at radius 1 is 1.38 bits per heavy atom. The topological polar surface area (TPSA) is 61.7 Å². The molecule has 86 valence electrons. The molecule has 1 unspecified atom stereocenters. The Labute approximate surface area is 94.9 Å². The van der Waals surface area contributed by atoms with Crippen molar-refractivity contribution >= 4 is 0 Å². The predicted molar refractivity (Wildman–Crippen MR) is 61.7 cm³/mol. The van der Waals surface area contributed by atoms with Gasteiger partial charge >= 0.3 is 0 Å². The van der Waals surface area contributed by atoms with E-state index in [1.54, 1.807) is 6.20 Å². The van der Waals surface area contributed by atoms with Crippen LogP contribution in [0.25, 0.3) is 0 Å². The second-order valence-electron chi connectivity index (χ2n) is 3.98. The van der Waals surface area contributed by atoms with Crippen LogP contribution < -0.4 is 5.73 Å². The van der Waals surface area contributed by atoms with Crippen molar-refractivity contribution in [3.63, 3.8) is 0 Å². The van der Waals surface area contributed by atoms with E-state index >= 15 is 0 Å². The largest absolute Gasteiger partial charge is 0.338 e. The van der Waals surface area contributed by atoms with Gasteiger partial charge in [0.25, 0.3) is 0 Å². The van der Waals surface area contributed by atoms with Crippen molar-refractivity contribution in [2.45, 2.75) is 18.9 Å². The summed E-state index contributed by atoms with van der Waals surface area (Å²) >= 11 is 0. The van der Waals surface area contributed by atoms with Gasteiger partial charge in [0.15, 0.2) is 0 Å². The maximum Gasteiger partial charge on any atom is 0.108 e. The van der Waals surface area contributed by atoms with Crippen LogP contribution in [0.1, 0.15) is 24.0 Å². The predicted octanol–water partition coefficient (Wildman–Crippen LogP) is 0.786. The number of aryl methyl sites for hydroxylation is 3. The lowest BCUT2D eigenvalue weighted by Gasteiger charge is -2.11. The molecule has 0 aromatic carbocycles. The molecule has 5 nitrogen and oxygen atoms in total. The van der Waals surface area contributed by atoms with Crippen LogP contribution in [-0.4, -0.2) is 19.3 Å². The minimum atomic E-state index is 0.0178. The van der Waals surface area contributed by atoms with Gasteiger partial charge in [-0.05, 0) is 12.5 Å². The smallest absolute Gasteiger partial charge is 0.108 e. The van der Waals surface area contributed by atoms with Gasteiger partial charge in [-0.25, -0.2) is 4.98 Å². The summed E-state index contributed by atoms with van der Waals surface area (Å²) in [5.41, 5.74) is 7.17. The Morgan fingerprint density at radius 2 is 2.19 bits per heavy atom. The van der Waals surface area contributed by atoms with E-state index in [1.165, 1.54) is 0 Å². The van der Waals surface area contributed by atoms with E-state index in [2.05, 4.69) is 10.1 Å². The summed E-state index contributed by atoms with van der Waals surface area (Å²) < 4.78 is 3.85. The Kier molecular flexibility index (Phi) is 3.05. The van der Waals surface area contributed by atoms with Gasteiger partial charge in [0.05, 0.1) is 5.69 Å². The van der Waals surface area contributed by atoms with Crippen LogP contribution in [0.3, 0.4) is 0 Å². The van der Waals surface area contributed by atoms with Crippen LogP contribution in [0.2, 0.25) is 0 Å². The molecule has 2 N–H and O–H groups in total. The van der Waals surface area contributed by atoms with E-state index in [-0.39, 0.29) is 6.04 Å². The van der Waals surface area contributed by atoms with Gasteiger partial charge in [0.2, 0.25) is 0 Å². The van der Waals surface area contributed by atoms with Crippen molar-refractivity contribution in [1.82, 2.24) is 19.3 Å². The standard InChI is InChI=1S/C11H17N5/c1-15-8-7-13-11(15)4-3-9(12)10-5-6-14-16(10)2/h5-9H,3-4,12H2,1-2H3. The molecule has 2 aromatic heterocycles. The fourth-order valence-electron chi connectivity index (χ4n) is 1.82. The van der Waals surface area contributed by atoms with E-state index in [1.807, 2.05) is 41.8 Å². The van der Waals surface area contributed by atoms with Gasteiger partial charge in [0, 0.05) is 45.1 Å². The number of imidazole rings is 1. The zero-order valence-electron chi connectivity index (χ0n) is 9.67. The average Bonchev–Trinajstić information content (AvgIpc) is 2.84. The summed E-state index contributed by atoms with van der Waals surface area (Å²) in [5.74, 6) is 1.07. The van der Waals surface area contributed by atoms with Crippen LogP contribution in [0.5, 0.6) is 0 Å². The molecule has 0 aliphatic heterocycles. The molecule has 0 saturated heterocycles. The highest BCUT2D eigenvalue weighted by molar-refractivity contribution is 5.06. The molecule has 0 aliphatic rings. The summed E-state index contributed by atoms with van der Waals surface area (Å²) in [7, 11) is 3.91. The number of hydrogen-bond acceptors (Lipinski definition) is 3.